The van der Waals surface area contributed by atoms with Crippen molar-refractivity contribution in [3.8, 4) is 0 Å². The Morgan fingerprint density at radius 3 is 2.76 bits per heavy atom. The van der Waals surface area contributed by atoms with Gasteiger partial charge in [-0.2, -0.15) is 5.10 Å². The van der Waals surface area contributed by atoms with Gasteiger partial charge in [0.15, 0.2) is 0 Å². The molecule has 2 N–H and O–H groups in total. The minimum atomic E-state index is -0.454. The van der Waals surface area contributed by atoms with Crippen LogP contribution in [0.4, 0.5) is 23.0 Å². The van der Waals surface area contributed by atoms with Crippen LogP contribution < -0.4 is 10.6 Å². The van der Waals surface area contributed by atoms with Gasteiger partial charge in [-0.3, -0.25) is 14.8 Å². The Kier molecular flexibility index (Phi) is 4.36. The molecule has 21 heavy (non-hydrogen) atoms. The molecule has 2 rings (SSSR count). The van der Waals surface area contributed by atoms with Crippen LogP contribution in [0.15, 0.2) is 18.3 Å². The first-order chi connectivity index (χ1) is 10.0. The Morgan fingerprint density at radius 1 is 1.43 bits per heavy atom. The summed E-state index contributed by atoms with van der Waals surface area (Å²) < 4.78 is 1.64. The third-order valence-corrected chi connectivity index (χ3v) is 2.89. The minimum Gasteiger partial charge on any atom is -0.370 e. The number of pyridine rings is 1. The highest BCUT2D eigenvalue weighted by atomic mass is 16.6. The summed E-state index contributed by atoms with van der Waals surface area (Å²) in [6.07, 6.45) is 2.70. The van der Waals surface area contributed by atoms with Crippen LogP contribution >= 0.6 is 0 Å². The highest BCUT2D eigenvalue weighted by molar-refractivity contribution is 5.68. The first-order valence-corrected chi connectivity index (χ1v) is 6.68. The molecule has 8 nitrogen and oxygen atoms in total. The lowest BCUT2D eigenvalue weighted by atomic mass is 10.3. The molecular weight excluding hydrogens is 272 g/mol. The van der Waals surface area contributed by atoms with Crippen molar-refractivity contribution in [1.82, 2.24) is 14.8 Å². The average molecular weight is 290 g/mol. The zero-order valence-electron chi connectivity index (χ0n) is 12.3. The van der Waals surface area contributed by atoms with Gasteiger partial charge in [-0.05, 0) is 19.4 Å². The summed E-state index contributed by atoms with van der Waals surface area (Å²) in [5, 5.41) is 21.4. The van der Waals surface area contributed by atoms with Crippen LogP contribution in [0, 0.1) is 17.0 Å². The molecule has 0 aliphatic heterocycles. The minimum absolute atomic E-state index is 0.0692. The Bertz CT molecular complexity index is 652. The van der Waals surface area contributed by atoms with Crippen LogP contribution in [-0.4, -0.2) is 26.2 Å². The fraction of sp³-hybridized carbons (Fsp3) is 0.385. The number of aryl methyl sites for hydroxylation is 2. The molecule has 2 aromatic rings. The molecule has 0 unspecified atom stereocenters. The third kappa shape index (κ3) is 3.47. The summed E-state index contributed by atoms with van der Waals surface area (Å²) in [5.41, 5.74) is 1.38. The monoisotopic (exact) mass is 290 g/mol. The predicted octanol–water partition coefficient (Wildman–Crippen LogP) is 2.60. The van der Waals surface area contributed by atoms with Crippen LogP contribution in [0.25, 0.3) is 0 Å². The molecule has 0 saturated carbocycles. The fourth-order valence-electron chi connectivity index (χ4n) is 1.89. The van der Waals surface area contributed by atoms with Crippen molar-refractivity contribution in [3.05, 3.63) is 34.1 Å². The Balaban J connectivity index is 2.34. The van der Waals surface area contributed by atoms with Crippen molar-refractivity contribution in [1.29, 1.82) is 0 Å². The van der Waals surface area contributed by atoms with Crippen molar-refractivity contribution in [2.24, 2.45) is 7.05 Å². The third-order valence-electron chi connectivity index (χ3n) is 2.89. The molecule has 0 aliphatic carbocycles. The summed E-state index contributed by atoms with van der Waals surface area (Å²) in [4.78, 5) is 14.9. The Morgan fingerprint density at radius 2 is 2.19 bits per heavy atom. The maximum Gasteiger partial charge on any atom is 0.311 e. The van der Waals surface area contributed by atoms with Gasteiger partial charge in [0, 0.05) is 25.9 Å². The van der Waals surface area contributed by atoms with Crippen molar-refractivity contribution < 1.29 is 4.92 Å². The van der Waals surface area contributed by atoms with E-state index in [0.717, 1.165) is 18.7 Å². The molecule has 2 heterocycles. The smallest absolute Gasteiger partial charge is 0.311 e. The molecule has 0 amide bonds. The molecule has 0 radical (unpaired) electrons. The molecule has 0 aromatic carbocycles. The average Bonchev–Trinajstić information content (AvgIpc) is 2.74. The van der Waals surface area contributed by atoms with Gasteiger partial charge < -0.3 is 10.6 Å². The quantitative estimate of drug-likeness (QED) is 0.627. The van der Waals surface area contributed by atoms with E-state index in [2.05, 4.69) is 20.7 Å². The Hall–Kier alpha value is -2.64. The number of hydrogen-bond donors (Lipinski definition) is 2. The number of hydrogen-bond acceptors (Lipinski definition) is 6. The molecule has 0 saturated heterocycles. The normalized spacial score (nSPS) is 10.4. The van der Waals surface area contributed by atoms with Crippen molar-refractivity contribution in [2.45, 2.75) is 20.3 Å². The van der Waals surface area contributed by atoms with E-state index in [1.807, 2.05) is 13.8 Å². The van der Waals surface area contributed by atoms with Gasteiger partial charge in [-0.15, -0.1) is 0 Å². The van der Waals surface area contributed by atoms with Crippen LogP contribution in [0.2, 0.25) is 0 Å². The van der Waals surface area contributed by atoms with E-state index in [-0.39, 0.29) is 11.5 Å². The van der Waals surface area contributed by atoms with Gasteiger partial charge >= 0.3 is 5.69 Å². The molecule has 0 fully saturated rings. The van der Waals surface area contributed by atoms with Crippen molar-refractivity contribution in [2.75, 3.05) is 17.2 Å². The molecule has 2 aromatic heterocycles. The second-order valence-corrected chi connectivity index (χ2v) is 4.67. The van der Waals surface area contributed by atoms with Gasteiger partial charge in [-0.1, -0.05) is 6.92 Å². The lowest BCUT2D eigenvalue weighted by molar-refractivity contribution is -0.384. The van der Waals surface area contributed by atoms with E-state index in [0.29, 0.717) is 11.5 Å². The Labute approximate surface area is 122 Å². The summed E-state index contributed by atoms with van der Waals surface area (Å²) in [5.74, 6) is 0.809. The number of nitrogens with zero attached hydrogens (tertiary/aromatic N) is 4. The van der Waals surface area contributed by atoms with E-state index < -0.39 is 4.92 Å². The molecule has 0 spiro atoms. The largest absolute Gasteiger partial charge is 0.370 e. The number of rotatable bonds is 6. The second-order valence-electron chi connectivity index (χ2n) is 4.67. The second kappa shape index (κ2) is 6.21. The van der Waals surface area contributed by atoms with Crippen LogP contribution in [-0.2, 0) is 7.05 Å². The molecular formula is C13H18N6O2. The lowest BCUT2D eigenvalue weighted by Crippen LogP contribution is -2.05. The van der Waals surface area contributed by atoms with E-state index in [1.165, 1.54) is 6.07 Å². The number of aromatic nitrogens is 3. The van der Waals surface area contributed by atoms with Gasteiger partial charge in [0.2, 0.25) is 5.82 Å². The lowest BCUT2D eigenvalue weighted by Gasteiger charge is -2.08. The maximum atomic E-state index is 11.1. The summed E-state index contributed by atoms with van der Waals surface area (Å²) in [7, 11) is 1.79. The van der Waals surface area contributed by atoms with Crippen molar-refractivity contribution >= 4 is 23.0 Å². The molecule has 0 aliphatic rings. The summed E-state index contributed by atoms with van der Waals surface area (Å²) in [6, 6.07) is 3.05. The maximum absolute atomic E-state index is 11.1. The van der Waals surface area contributed by atoms with Gasteiger partial charge in [0.05, 0.1) is 16.3 Å². The topological polar surface area (TPSA) is 97.9 Å². The van der Waals surface area contributed by atoms with Gasteiger partial charge in [-0.25, -0.2) is 4.98 Å². The van der Waals surface area contributed by atoms with Crippen LogP contribution in [0.5, 0.6) is 0 Å². The summed E-state index contributed by atoms with van der Waals surface area (Å²) in [6.45, 7) is 4.63. The van der Waals surface area contributed by atoms with Gasteiger partial charge in [0.1, 0.15) is 5.82 Å². The van der Waals surface area contributed by atoms with E-state index >= 15 is 0 Å². The van der Waals surface area contributed by atoms with Crippen LogP contribution in [0.3, 0.4) is 0 Å². The zero-order valence-corrected chi connectivity index (χ0v) is 12.3. The standard InChI is InChI=1S/C13H18N6O2/c1-4-7-14-12-6-5-11(19(20)21)13(16-12)15-10-8-18(3)17-9(10)2/h5-6,8H,4,7H2,1-3H3,(H2,14,15,16). The summed E-state index contributed by atoms with van der Waals surface area (Å²) >= 11 is 0. The molecule has 0 bridgehead atoms. The van der Waals surface area contributed by atoms with Crippen molar-refractivity contribution in [3.63, 3.8) is 0 Å². The first-order valence-electron chi connectivity index (χ1n) is 6.68. The SMILES string of the molecule is CCCNc1ccc([N+](=O)[O-])c(Nc2cn(C)nc2C)n1. The molecule has 112 valence electrons. The predicted molar refractivity (Wildman–Crippen MR) is 80.9 cm³/mol. The number of anilines is 3. The van der Waals surface area contributed by atoms with E-state index in [9.17, 15) is 10.1 Å². The molecule has 0 atom stereocenters. The van der Waals surface area contributed by atoms with Crippen LogP contribution in [0.1, 0.15) is 19.0 Å². The fourth-order valence-corrected chi connectivity index (χ4v) is 1.89. The van der Waals surface area contributed by atoms with E-state index in [4.69, 9.17) is 0 Å². The highest BCUT2D eigenvalue weighted by Gasteiger charge is 2.17. The zero-order chi connectivity index (χ0) is 15.4. The van der Waals surface area contributed by atoms with Gasteiger partial charge in [0.25, 0.3) is 0 Å². The molecule has 8 heteroatoms. The highest BCUT2D eigenvalue weighted by Crippen LogP contribution is 2.28. The number of nitro groups is 1. The number of nitrogens with one attached hydrogen (secondary N) is 2. The first kappa shape index (κ1) is 14.8. The van der Waals surface area contributed by atoms with E-state index in [1.54, 1.807) is 24.0 Å².